The molecule has 1 aliphatic heterocycles. The summed E-state index contributed by atoms with van der Waals surface area (Å²) in [5.41, 5.74) is 2.75. The Morgan fingerprint density at radius 3 is 2.75 bits per heavy atom. The maximum absolute atomic E-state index is 12.9. The van der Waals surface area contributed by atoms with Crippen molar-refractivity contribution in [3.8, 4) is 0 Å². The maximum Gasteiger partial charge on any atom is 0.331 e. The first-order chi connectivity index (χ1) is 21.1. The molecule has 1 aromatic heterocycles. The van der Waals surface area contributed by atoms with Gasteiger partial charge in [-0.05, 0) is 99.2 Å². The van der Waals surface area contributed by atoms with E-state index in [4.69, 9.17) is 4.74 Å². The van der Waals surface area contributed by atoms with E-state index in [2.05, 4.69) is 28.5 Å². The summed E-state index contributed by atoms with van der Waals surface area (Å²) in [7, 11) is 0. The Hall–Kier alpha value is -3.01. The number of aliphatic hydroxyl groups excluding tert-OH is 1. The number of nitrogens with zero attached hydrogens (tertiary/aromatic N) is 1. The number of fused-ring (bicyclic) bond motifs is 6. The summed E-state index contributed by atoms with van der Waals surface area (Å²) >= 11 is 0. The molecule has 1 amide bonds. The van der Waals surface area contributed by atoms with Gasteiger partial charge in [0.1, 0.15) is 6.61 Å². The van der Waals surface area contributed by atoms with E-state index < -0.39 is 28.1 Å². The highest BCUT2D eigenvalue weighted by Gasteiger charge is 2.71. The molecule has 8 unspecified atom stereocenters. The van der Waals surface area contributed by atoms with Gasteiger partial charge in [0.25, 0.3) is 0 Å². The number of aromatic amines is 1. The van der Waals surface area contributed by atoms with Gasteiger partial charge in [-0.2, -0.15) is 5.10 Å². The van der Waals surface area contributed by atoms with Crippen molar-refractivity contribution in [3.63, 3.8) is 0 Å². The number of nitrogens with one attached hydrogen (secondary N) is 2. The quantitative estimate of drug-likeness (QED) is 0.181. The van der Waals surface area contributed by atoms with Crippen LogP contribution < -0.4 is 5.43 Å². The third kappa shape index (κ3) is 4.49. The lowest BCUT2D eigenvalue weighted by atomic mass is 9.41. The molecule has 4 fully saturated rings. The molecule has 2 aromatic rings. The summed E-state index contributed by atoms with van der Waals surface area (Å²) in [6, 6.07) is 8.14. The van der Waals surface area contributed by atoms with Crippen LogP contribution in [-0.4, -0.2) is 62.3 Å². The topological polar surface area (TPSA) is 144 Å². The second-order valence-electron chi connectivity index (χ2n) is 14.5. The average molecular weight is 604 g/mol. The Labute approximate surface area is 258 Å². The van der Waals surface area contributed by atoms with Crippen LogP contribution in [0.25, 0.3) is 10.9 Å². The van der Waals surface area contributed by atoms with Crippen molar-refractivity contribution >= 4 is 29.0 Å². The predicted octanol–water partition coefficient (Wildman–Crippen LogP) is 4.31. The lowest BCUT2D eigenvalue weighted by Gasteiger charge is -2.65. The molecule has 9 heteroatoms. The van der Waals surface area contributed by atoms with Crippen molar-refractivity contribution in [2.24, 2.45) is 33.7 Å². The minimum atomic E-state index is -1.16. The Morgan fingerprint density at radius 1 is 1.11 bits per heavy atom. The van der Waals surface area contributed by atoms with Gasteiger partial charge in [0.2, 0.25) is 5.91 Å². The Balaban J connectivity index is 1.08. The van der Waals surface area contributed by atoms with E-state index in [9.17, 15) is 24.9 Å². The zero-order valence-electron chi connectivity index (χ0n) is 25.6. The first-order valence-electron chi connectivity index (χ1n) is 16.5. The molecule has 44 heavy (non-hydrogen) atoms. The number of carbonyl (C=O) groups is 2. The van der Waals surface area contributed by atoms with E-state index >= 15 is 0 Å². The standard InChI is InChI=1S/C35H45N3O6/c1-32-13-10-27-28(35(32,43)16-12-26(32)23-17-31(41)44-20-23)11-15-34(42)18-24(39)9-14-33(27,34)21-37-38-30(40)8-4-5-22-19-36-29-7-3-2-6-25(22)29/h2-3,6-7,17,19,21,24,26-28,36,39,42-43H,4-5,8-16,18,20H2,1H3,(H,38,40). The summed E-state index contributed by atoms with van der Waals surface area (Å²) in [5.74, 6) is -0.477. The van der Waals surface area contributed by atoms with Crippen LogP contribution in [0.1, 0.15) is 83.1 Å². The highest BCUT2D eigenvalue weighted by Crippen LogP contribution is 2.70. The van der Waals surface area contributed by atoms with Gasteiger partial charge in [0.05, 0.1) is 17.3 Å². The number of amides is 1. The van der Waals surface area contributed by atoms with E-state index in [1.165, 1.54) is 10.9 Å². The van der Waals surface area contributed by atoms with Crippen molar-refractivity contribution in [3.05, 3.63) is 47.7 Å². The number of H-pyrrole nitrogens is 1. The number of ether oxygens (including phenoxy) is 1. The molecule has 1 aromatic carbocycles. The van der Waals surface area contributed by atoms with Gasteiger partial charge in [-0.1, -0.05) is 25.1 Å². The lowest BCUT2D eigenvalue weighted by molar-refractivity contribution is -0.237. The summed E-state index contributed by atoms with van der Waals surface area (Å²) in [5, 5.41) is 41.0. The van der Waals surface area contributed by atoms with Gasteiger partial charge in [-0.25, -0.2) is 10.2 Å². The van der Waals surface area contributed by atoms with E-state index in [0.717, 1.165) is 36.8 Å². The molecule has 5 aliphatic rings. The van der Waals surface area contributed by atoms with Gasteiger partial charge < -0.3 is 25.0 Å². The van der Waals surface area contributed by atoms with Crippen molar-refractivity contribution in [1.29, 1.82) is 0 Å². The third-order valence-electron chi connectivity index (χ3n) is 12.6. The molecule has 2 heterocycles. The highest BCUT2D eigenvalue weighted by atomic mass is 16.5. The number of esters is 1. The van der Waals surface area contributed by atoms with E-state index in [1.54, 1.807) is 12.3 Å². The molecular weight excluding hydrogens is 558 g/mol. The maximum atomic E-state index is 12.9. The molecule has 0 saturated heterocycles. The Kier molecular flexibility index (Phi) is 7.29. The van der Waals surface area contributed by atoms with Crippen LogP contribution in [0.2, 0.25) is 0 Å². The fourth-order valence-corrected chi connectivity index (χ4v) is 10.4. The van der Waals surface area contributed by atoms with Crippen molar-refractivity contribution in [2.75, 3.05) is 6.61 Å². The SMILES string of the molecule is CC12CCC3C(CCC4(O)CC(O)CCC34C=NNC(=O)CCCc3c[nH]c4ccccc34)C1(O)CCC2C1=CC(=O)OC1. The van der Waals surface area contributed by atoms with Gasteiger partial charge in [0, 0.05) is 53.1 Å². The Bertz CT molecular complexity index is 1520. The number of benzene rings is 1. The summed E-state index contributed by atoms with van der Waals surface area (Å²) in [6.07, 6.45) is 12.1. The molecule has 0 bridgehead atoms. The largest absolute Gasteiger partial charge is 0.458 e. The average Bonchev–Trinajstić information content (AvgIpc) is 3.68. The van der Waals surface area contributed by atoms with E-state index in [1.807, 2.05) is 24.4 Å². The van der Waals surface area contributed by atoms with Crippen LogP contribution in [0.3, 0.4) is 0 Å². The van der Waals surface area contributed by atoms with Crippen molar-refractivity contribution in [1.82, 2.24) is 10.4 Å². The molecule has 7 rings (SSSR count). The van der Waals surface area contributed by atoms with Crippen LogP contribution in [-0.2, 0) is 20.7 Å². The van der Waals surface area contributed by atoms with Crippen LogP contribution in [0.5, 0.6) is 0 Å². The first kappa shape index (κ1) is 29.7. The normalized spacial score (nSPS) is 39.9. The highest BCUT2D eigenvalue weighted by molar-refractivity contribution is 5.85. The zero-order valence-corrected chi connectivity index (χ0v) is 25.6. The number of hydrogen-bond donors (Lipinski definition) is 5. The van der Waals surface area contributed by atoms with Crippen molar-refractivity contribution < 1.29 is 29.6 Å². The van der Waals surface area contributed by atoms with Crippen LogP contribution >= 0.6 is 0 Å². The lowest BCUT2D eigenvalue weighted by Crippen LogP contribution is -2.68. The number of para-hydroxylation sites is 1. The molecule has 0 spiro atoms. The fourth-order valence-electron chi connectivity index (χ4n) is 10.4. The summed E-state index contributed by atoms with van der Waals surface area (Å²) in [6.45, 7) is 2.48. The van der Waals surface area contributed by atoms with E-state index in [0.29, 0.717) is 51.6 Å². The molecule has 4 saturated carbocycles. The number of cyclic esters (lactones) is 1. The van der Waals surface area contributed by atoms with Crippen LogP contribution in [0.15, 0.2) is 47.2 Å². The molecule has 5 N–H and O–H groups in total. The van der Waals surface area contributed by atoms with Crippen LogP contribution in [0, 0.1) is 28.6 Å². The van der Waals surface area contributed by atoms with Gasteiger partial charge in [-0.15, -0.1) is 0 Å². The molecule has 8 atom stereocenters. The minimum absolute atomic E-state index is 0.0384. The zero-order chi connectivity index (χ0) is 30.7. The first-order valence-corrected chi connectivity index (χ1v) is 16.5. The number of hydrogen-bond acceptors (Lipinski definition) is 7. The number of aromatic nitrogens is 1. The third-order valence-corrected chi connectivity index (χ3v) is 12.6. The fraction of sp³-hybridized carbons (Fsp3) is 0.629. The Morgan fingerprint density at radius 2 is 1.93 bits per heavy atom. The number of rotatable bonds is 7. The van der Waals surface area contributed by atoms with Crippen molar-refractivity contribution in [2.45, 2.75) is 101 Å². The van der Waals surface area contributed by atoms with Crippen LogP contribution in [0.4, 0.5) is 0 Å². The summed E-state index contributed by atoms with van der Waals surface area (Å²) < 4.78 is 5.25. The molecule has 236 valence electrons. The second-order valence-corrected chi connectivity index (χ2v) is 14.5. The van der Waals surface area contributed by atoms with Gasteiger partial charge in [-0.3, -0.25) is 4.79 Å². The number of aliphatic hydroxyl groups is 3. The van der Waals surface area contributed by atoms with Gasteiger partial charge in [0.15, 0.2) is 0 Å². The smallest absolute Gasteiger partial charge is 0.331 e. The monoisotopic (exact) mass is 603 g/mol. The second kappa shape index (κ2) is 10.8. The number of hydrazone groups is 1. The molecule has 4 aliphatic carbocycles. The molecular formula is C35H45N3O6. The molecule has 9 nitrogen and oxygen atoms in total. The van der Waals surface area contributed by atoms with E-state index in [-0.39, 0.29) is 36.1 Å². The molecule has 0 radical (unpaired) electrons. The number of carbonyl (C=O) groups excluding carboxylic acids is 2. The summed E-state index contributed by atoms with van der Waals surface area (Å²) in [4.78, 5) is 28.0. The minimum Gasteiger partial charge on any atom is -0.458 e. The predicted molar refractivity (Wildman–Crippen MR) is 165 cm³/mol. The number of aryl methyl sites for hydroxylation is 1. The van der Waals surface area contributed by atoms with Gasteiger partial charge >= 0.3 is 5.97 Å².